The van der Waals surface area contributed by atoms with Gasteiger partial charge < -0.3 is 5.32 Å². The second-order valence-corrected chi connectivity index (χ2v) is 6.06. The van der Waals surface area contributed by atoms with E-state index >= 15 is 0 Å². The van der Waals surface area contributed by atoms with Gasteiger partial charge in [-0.3, -0.25) is 4.79 Å². The number of halogens is 1. The Morgan fingerprint density at radius 3 is 2.91 bits per heavy atom. The first-order valence-electron chi connectivity index (χ1n) is 7.90. The number of nitrogens with zero attached hydrogens (tertiary/aromatic N) is 4. The van der Waals surface area contributed by atoms with Gasteiger partial charge in [0.1, 0.15) is 17.7 Å². The van der Waals surface area contributed by atoms with Gasteiger partial charge in [0.05, 0.1) is 0 Å². The molecule has 0 aliphatic heterocycles. The number of hydrogen-bond acceptors (Lipinski definition) is 4. The lowest BCUT2D eigenvalue weighted by molar-refractivity contribution is -0.125. The van der Waals surface area contributed by atoms with Gasteiger partial charge in [-0.2, -0.15) is 0 Å². The number of aryl methyl sites for hydroxylation is 1. The van der Waals surface area contributed by atoms with Gasteiger partial charge in [0.2, 0.25) is 5.91 Å². The summed E-state index contributed by atoms with van der Waals surface area (Å²) in [5, 5.41) is 14.4. The highest BCUT2D eigenvalue weighted by Gasteiger charge is 2.26. The maximum absolute atomic E-state index is 13.4. The van der Waals surface area contributed by atoms with E-state index in [1.165, 1.54) is 36.1 Å². The van der Waals surface area contributed by atoms with E-state index in [0.29, 0.717) is 24.7 Å². The van der Waals surface area contributed by atoms with Crippen LogP contribution >= 0.6 is 0 Å². The molecule has 1 amide bonds. The lowest BCUT2D eigenvalue weighted by Crippen LogP contribution is -2.38. The van der Waals surface area contributed by atoms with Crippen molar-refractivity contribution < 1.29 is 9.18 Å². The van der Waals surface area contributed by atoms with Gasteiger partial charge in [-0.25, -0.2) is 9.07 Å². The highest BCUT2D eigenvalue weighted by molar-refractivity contribution is 5.80. The minimum absolute atomic E-state index is 0.128. The van der Waals surface area contributed by atoms with Crippen LogP contribution in [0.4, 0.5) is 4.39 Å². The van der Waals surface area contributed by atoms with E-state index in [1.807, 2.05) is 0 Å². The van der Waals surface area contributed by atoms with Crippen LogP contribution in [0.3, 0.4) is 0 Å². The van der Waals surface area contributed by atoms with Crippen molar-refractivity contribution in [2.45, 2.75) is 38.6 Å². The van der Waals surface area contributed by atoms with Crippen molar-refractivity contribution in [1.29, 1.82) is 0 Å². The molecule has 1 N–H and O–H groups in total. The van der Waals surface area contributed by atoms with E-state index in [9.17, 15) is 9.18 Å². The predicted molar refractivity (Wildman–Crippen MR) is 82.0 cm³/mol. The maximum atomic E-state index is 13.4. The van der Waals surface area contributed by atoms with Crippen LogP contribution in [0.15, 0.2) is 24.3 Å². The van der Waals surface area contributed by atoms with Crippen LogP contribution in [-0.2, 0) is 11.2 Å². The molecule has 1 heterocycles. The van der Waals surface area contributed by atoms with Crippen LogP contribution in [0.2, 0.25) is 0 Å². The van der Waals surface area contributed by atoms with Crippen molar-refractivity contribution in [2.24, 2.45) is 5.92 Å². The zero-order valence-corrected chi connectivity index (χ0v) is 13.1. The minimum atomic E-state index is -0.577. The second-order valence-electron chi connectivity index (χ2n) is 6.06. The van der Waals surface area contributed by atoms with Gasteiger partial charge in [-0.05, 0) is 53.8 Å². The number of aromatic nitrogens is 4. The first kappa shape index (κ1) is 15.6. The number of carbonyl (C=O) groups excluding carboxylic acids is 1. The second kappa shape index (κ2) is 6.85. The van der Waals surface area contributed by atoms with Crippen LogP contribution < -0.4 is 5.32 Å². The Labute approximate surface area is 134 Å². The van der Waals surface area contributed by atoms with E-state index in [-0.39, 0.29) is 11.7 Å². The zero-order chi connectivity index (χ0) is 16.2. The molecule has 1 aliphatic carbocycles. The van der Waals surface area contributed by atoms with E-state index < -0.39 is 6.04 Å². The van der Waals surface area contributed by atoms with E-state index in [2.05, 4.69) is 20.8 Å². The number of rotatable bonds is 6. The van der Waals surface area contributed by atoms with Gasteiger partial charge in [-0.15, -0.1) is 5.10 Å². The standard InChI is InChI=1S/C16H20FN5O/c1-11-19-20-21-22(11)15(9-13-6-3-7-14(17)8-13)16(23)18-10-12-4-2-5-12/h3,6-8,12,15H,2,4-5,9-10H2,1H3,(H,18,23)/t15-/m1/s1. The summed E-state index contributed by atoms with van der Waals surface area (Å²) < 4.78 is 14.9. The molecule has 0 bridgehead atoms. The molecule has 1 aliphatic rings. The Balaban J connectivity index is 1.75. The quantitative estimate of drug-likeness (QED) is 0.882. The number of hydrogen-bond donors (Lipinski definition) is 1. The molecule has 0 saturated heterocycles. The molecule has 122 valence electrons. The molecule has 2 aromatic rings. The smallest absolute Gasteiger partial charge is 0.245 e. The van der Waals surface area contributed by atoms with Gasteiger partial charge in [0.25, 0.3) is 0 Å². The molecule has 1 fully saturated rings. The number of carbonyl (C=O) groups is 1. The molecule has 1 saturated carbocycles. The van der Waals surface area contributed by atoms with Crippen molar-refractivity contribution >= 4 is 5.91 Å². The van der Waals surface area contributed by atoms with Gasteiger partial charge in [-0.1, -0.05) is 18.6 Å². The summed E-state index contributed by atoms with van der Waals surface area (Å²) in [5.41, 5.74) is 0.740. The third kappa shape index (κ3) is 3.72. The monoisotopic (exact) mass is 317 g/mol. The van der Waals surface area contributed by atoms with Crippen molar-refractivity contribution in [3.63, 3.8) is 0 Å². The summed E-state index contributed by atoms with van der Waals surface area (Å²) in [6.45, 7) is 2.43. The summed E-state index contributed by atoms with van der Waals surface area (Å²) in [5.74, 6) is 0.690. The van der Waals surface area contributed by atoms with Crippen molar-refractivity contribution in [3.8, 4) is 0 Å². The number of nitrogens with one attached hydrogen (secondary N) is 1. The molecule has 0 spiro atoms. The van der Waals surface area contributed by atoms with Gasteiger partial charge >= 0.3 is 0 Å². The normalized spacial score (nSPS) is 15.9. The third-order valence-electron chi connectivity index (χ3n) is 4.36. The van der Waals surface area contributed by atoms with E-state index in [1.54, 1.807) is 19.1 Å². The molecule has 1 aromatic heterocycles. The third-order valence-corrected chi connectivity index (χ3v) is 4.36. The number of benzene rings is 1. The maximum Gasteiger partial charge on any atom is 0.245 e. The minimum Gasteiger partial charge on any atom is -0.354 e. The SMILES string of the molecule is Cc1nnnn1[C@H](Cc1cccc(F)c1)C(=O)NCC1CCC1. The summed E-state index contributed by atoms with van der Waals surface area (Å²) in [6, 6.07) is 5.69. The van der Waals surface area contributed by atoms with Crippen molar-refractivity contribution in [2.75, 3.05) is 6.54 Å². The van der Waals surface area contributed by atoms with Crippen LogP contribution in [0.25, 0.3) is 0 Å². The Bertz CT molecular complexity index is 683. The topological polar surface area (TPSA) is 72.7 Å². The molecule has 23 heavy (non-hydrogen) atoms. The van der Waals surface area contributed by atoms with E-state index in [4.69, 9.17) is 0 Å². The van der Waals surface area contributed by atoms with Gasteiger partial charge in [0.15, 0.2) is 0 Å². The Morgan fingerprint density at radius 2 is 2.30 bits per heavy atom. The van der Waals surface area contributed by atoms with E-state index in [0.717, 1.165) is 5.56 Å². The summed E-state index contributed by atoms with van der Waals surface area (Å²) in [4.78, 5) is 12.6. The molecular weight excluding hydrogens is 297 g/mol. The van der Waals surface area contributed by atoms with Crippen molar-refractivity contribution in [1.82, 2.24) is 25.5 Å². The summed E-state index contributed by atoms with van der Waals surface area (Å²) in [7, 11) is 0. The molecule has 7 heteroatoms. The van der Waals surface area contributed by atoms with Gasteiger partial charge in [0, 0.05) is 13.0 Å². The highest BCUT2D eigenvalue weighted by atomic mass is 19.1. The fourth-order valence-corrected chi connectivity index (χ4v) is 2.76. The number of amides is 1. The Hall–Kier alpha value is -2.31. The van der Waals surface area contributed by atoms with Crippen LogP contribution in [-0.4, -0.2) is 32.7 Å². The largest absolute Gasteiger partial charge is 0.354 e. The van der Waals surface area contributed by atoms with Crippen LogP contribution in [0, 0.1) is 18.7 Å². The molecule has 1 aromatic carbocycles. The summed E-state index contributed by atoms with van der Waals surface area (Å²) in [6.07, 6.45) is 3.91. The molecule has 0 radical (unpaired) electrons. The highest BCUT2D eigenvalue weighted by Crippen LogP contribution is 2.25. The summed E-state index contributed by atoms with van der Waals surface area (Å²) >= 11 is 0. The first-order valence-corrected chi connectivity index (χ1v) is 7.90. The van der Waals surface area contributed by atoms with Crippen LogP contribution in [0.5, 0.6) is 0 Å². The average Bonchev–Trinajstić information content (AvgIpc) is 2.89. The van der Waals surface area contributed by atoms with Crippen molar-refractivity contribution in [3.05, 3.63) is 41.5 Å². The Kier molecular flexibility index (Phi) is 4.64. The lowest BCUT2D eigenvalue weighted by Gasteiger charge is -2.26. The average molecular weight is 317 g/mol. The van der Waals surface area contributed by atoms with Crippen LogP contribution in [0.1, 0.15) is 36.7 Å². The number of tetrazole rings is 1. The molecule has 6 nitrogen and oxygen atoms in total. The lowest BCUT2D eigenvalue weighted by atomic mass is 9.85. The molecule has 3 rings (SSSR count). The fraction of sp³-hybridized carbons (Fsp3) is 0.500. The predicted octanol–water partition coefficient (Wildman–Crippen LogP) is 1.82. The first-order chi connectivity index (χ1) is 11.1. The zero-order valence-electron chi connectivity index (χ0n) is 13.1. The molecular formula is C16H20FN5O. The Morgan fingerprint density at radius 1 is 1.48 bits per heavy atom. The fourth-order valence-electron chi connectivity index (χ4n) is 2.76. The molecule has 0 unspecified atom stereocenters. The molecule has 1 atom stereocenters.